The first-order valence-corrected chi connectivity index (χ1v) is 12.6. The quantitative estimate of drug-likeness (QED) is 0.385. The van der Waals surface area contributed by atoms with Crippen LogP contribution in [0.3, 0.4) is 0 Å². The van der Waals surface area contributed by atoms with Gasteiger partial charge in [0.25, 0.3) is 0 Å². The lowest BCUT2D eigenvalue weighted by molar-refractivity contribution is -0.0435. The van der Waals surface area contributed by atoms with E-state index in [1.165, 1.54) is 83.9 Å². The molecule has 9 aliphatic carbocycles. The summed E-state index contributed by atoms with van der Waals surface area (Å²) in [7, 11) is 0. The van der Waals surface area contributed by atoms with Crippen molar-refractivity contribution in [3.8, 4) is 0 Å². The lowest BCUT2D eigenvalue weighted by atomic mass is 9.52. The van der Waals surface area contributed by atoms with E-state index in [9.17, 15) is 0 Å². The summed E-state index contributed by atoms with van der Waals surface area (Å²) in [6.07, 6.45) is 17.4. The molecule has 9 aliphatic rings. The largest absolute Gasteiger partial charge is 0.0847 e. The van der Waals surface area contributed by atoms with E-state index in [0.29, 0.717) is 0 Å². The van der Waals surface area contributed by atoms with Crippen molar-refractivity contribution in [1.82, 2.24) is 0 Å². The molecule has 0 radical (unpaired) electrons. The Kier molecular flexibility index (Phi) is 2.23. The van der Waals surface area contributed by atoms with Crippen molar-refractivity contribution in [3.63, 3.8) is 0 Å². The minimum atomic E-state index is 1.07. The molecule has 0 spiro atoms. The van der Waals surface area contributed by atoms with E-state index < -0.39 is 0 Å². The third-order valence-electron chi connectivity index (χ3n) is 13.0. The lowest BCUT2D eigenvalue weighted by Gasteiger charge is -2.52. The molecule has 26 heavy (non-hydrogen) atoms. The fourth-order valence-corrected chi connectivity index (χ4v) is 13.1. The van der Waals surface area contributed by atoms with Crippen LogP contribution in [0.15, 0.2) is 11.6 Å². The zero-order valence-electron chi connectivity index (χ0n) is 16.1. The van der Waals surface area contributed by atoms with Crippen LogP contribution >= 0.6 is 0 Å². The second-order valence-corrected chi connectivity index (χ2v) is 12.8. The highest BCUT2D eigenvalue weighted by Crippen LogP contribution is 2.79. The van der Waals surface area contributed by atoms with Crippen LogP contribution in [0.2, 0.25) is 0 Å². The summed E-state index contributed by atoms with van der Waals surface area (Å²) in [5, 5.41) is 0. The molecular weight excluding hydrogens is 312 g/mol. The first-order chi connectivity index (χ1) is 12.9. The normalized spacial score (nSPS) is 72.6. The second kappa shape index (κ2) is 4.18. The monoisotopic (exact) mass is 346 g/mol. The van der Waals surface area contributed by atoms with Crippen LogP contribution in [-0.4, -0.2) is 0 Å². The van der Waals surface area contributed by atoms with Crippen molar-refractivity contribution in [1.29, 1.82) is 0 Å². The van der Waals surface area contributed by atoms with Gasteiger partial charge in [0.1, 0.15) is 0 Å². The van der Waals surface area contributed by atoms with Gasteiger partial charge >= 0.3 is 0 Å². The third-order valence-corrected chi connectivity index (χ3v) is 13.0. The minimum absolute atomic E-state index is 1.07. The summed E-state index contributed by atoms with van der Waals surface area (Å²) < 4.78 is 0. The molecular formula is C26H34. The molecule has 8 saturated carbocycles. The summed E-state index contributed by atoms with van der Waals surface area (Å²) in [4.78, 5) is 0. The van der Waals surface area contributed by atoms with E-state index in [4.69, 9.17) is 0 Å². The van der Waals surface area contributed by atoms with Crippen LogP contribution in [0.25, 0.3) is 0 Å². The predicted octanol–water partition coefficient (Wildman–Crippen LogP) is 5.79. The number of rotatable bonds is 0. The summed E-state index contributed by atoms with van der Waals surface area (Å²) in [6, 6.07) is 0. The zero-order valence-corrected chi connectivity index (χ0v) is 16.1. The summed E-state index contributed by atoms with van der Waals surface area (Å²) in [5.41, 5.74) is 1.94. The van der Waals surface area contributed by atoms with E-state index in [0.717, 1.165) is 17.8 Å². The van der Waals surface area contributed by atoms with Gasteiger partial charge in [0, 0.05) is 0 Å². The Morgan fingerprint density at radius 1 is 0.538 bits per heavy atom. The maximum Gasteiger partial charge on any atom is -0.0169 e. The Morgan fingerprint density at radius 2 is 1.19 bits per heavy atom. The van der Waals surface area contributed by atoms with Gasteiger partial charge in [-0.3, -0.25) is 0 Å². The molecule has 0 aromatic rings. The molecule has 8 fully saturated rings. The second-order valence-electron chi connectivity index (χ2n) is 12.8. The number of fused-ring (bicyclic) bond motifs is 24. The summed E-state index contributed by atoms with van der Waals surface area (Å²) >= 11 is 0. The topological polar surface area (TPSA) is 0 Å². The molecule has 9 rings (SSSR count). The Morgan fingerprint density at radius 3 is 1.96 bits per heavy atom. The molecule has 15 unspecified atom stereocenters. The zero-order chi connectivity index (χ0) is 16.3. The SMILES string of the molecule is C1=C2CC(C1)C1CC3C(CC21)C1CC3C2C3CC(C4C5CCC(C5)C34)C12. The molecule has 0 aromatic heterocycles. The highest BCUT2D eigenvalue weighted by Gasteiger charge is 2.73. The van der Waals surface area contributed by atoms with Crippen LogP contribution < -0.4 is 0 Å². The van der Waals surface area contributed by atoms with E-state index in [1.807, 2.05) is 5.57 Å². The van der Waals surface area contributed by atoms with Crippen molar-refractivity contribution in [2.75, 3.05) is 0 Å². The molecule has 0 nitrogen and oxygen atoms in total. The Bertz CT molecular complexity index is 732. The number of hydrogen-bond donors (Lipinski definition) is 0. The van der Waals surface area contributed by atoms with Gasteiger partial charge in [-0.1, -0.05) is 11.6 Å². The standard InChI is InChI=1S/C26H34/c1-2-12-5-11(1)15-7-17-18(8-16(12)15)20-9-19(17)25-21-10-22(26(20)25)24-14-4-3-13(6-14)23(21)24/h1,12-26H,2-10H2. The van der Waals surface area contributed by atoms with Gasteiger partial charge in [0.05, 0.1) is 0 Å². The first kappa shape index (κ1) is 13.8. The van der Waals surface area contributed by atoms with Gasteiger partial charge < -0.3 is 0 Å². The molecule has 0 heterocycles. The Labute approximate surface area is 158 Å². The predicted molar refractivity (Wildman–Crippen MR) is 102 cm³/mol. The highest BCUT2D eigenvalue weighted by atomic mass is 14.8. The van der Waals surface area contributed by atoms with Gasteiger partial charge in [-0.25, -0.2) is 0 Å². The summed E-state index contributed by atoms with van der Waals surface area (Å²) in [5.74, 6) is 17.9. The third kappa shape index (κ3) is 1.29. The van der Waals surface area contributed by atoms with Gasteiger partial charge in [0.2, 0.25) is 0 Å². The highest BCUT2D eigenvalue weighted by molar-refractivity contribution is 5.27. The van der Waals surface area contributed by atoms with Gasteiger partial charge in [0.15, 0.2) is 0 Å². The van der Waals surface area contributed by atoms with Crippen LogP contribution in [0.5, 0.6) is 0 Å². The van der Waals surface area contributed by atoms with Crippen molar-refractivity contribution < 1.29 is 0 Å². The van der Waals surface area contributed by atoms with E-state index in [-0.39, 0.29) is 0 Å². The van der Waals surface area contributed by atoms with Crippen LogP contribution in [-0.2, 0) is 0 Å². The number of hydrogen-bond acceptors (Lipinski definition) is 0. The number of allylic oxidation sites excluding steroid dienone is 2. The van der Waals surface area contributed by atoms with Crippen molar-refractivity contribution in [2.24, 2.45) is 88.8 Å². The van der Waals surface area contributed by atoms with E-state index in [2.05, 4.69) is 6.08 Å². The molecule has 15 atom stereocenters. The Hall–Kier alpha value is -0.260. The molecule has 0 N–H and O–H groups in total. The van der Waals surface area contributed by atoms with Crippen LogP contribution in [0, 0.1) is 88.8 Å². The first-order valence-electron chi connectivity index (χ1n) is 12.6. The van der Waals surface area contributed by atoms with E-state index >= 15 is 0 Å². The summed E-state index contributed by atoms with van der Waals surface area (Å²) in [6.45, 7) is 0. The molecule has 0 aliphatic heterocycles. The molecule has 0 heteroatoms. The van der Waals surface area contributed by atoms with Crippen molar-refractivity contribution in [2.45, 2.75) is 57.8 Å². The van der Waals surface area contributed by atoms with E-state index in [1.54, 1.807) is 44.9 Å². The van der Waals surface area contributed by atoms with Crippen LogP contribution in [0.4, 0.5) is 0 Å². The average Bonchev–Trinajstić information content (AvgIpc) is 3.50. The molecule has 8 bridgehead atoms. The fraction of sp³-hybridized carbons (Fsp3) is 0.923. The van der Waals surface area contributed by atoms with Gasteiger partial charge in [-0.05, 0) is 147 Å². The average molecular weight is 347 g/mol. The Balaban J connectivity index is 1.10. The van der Waals surface area contributed by atoms with Gasteiger partial charge in [-0.2, -0.15) is 0 Å². The van der Waals surface area contributed by atoms with Crippen molar-refractivity contribution >= 4 is 0 Å². The lowest BCUT2D eigenvalue weighted by Crippen LogP contribution is -2.47. The van der Waals surface area contributed by atoms with Crippen LogP contribution in [0.1, 0.15) is 57.8 Å². The van der Waals surface area contributed by atoms with Crippen molar-refractivity contribution in [3.05, 3.63) is 11.6 Å². The maximum absolute atomic E-state index is 2.68. The molecule has 0 saturated heterocycles. The molecule has 0 aromatic carbocycles. The minimum Gasteiger partial charge on any atom is -0.0847 e. The smallest absolute Gasteiger partial charge is 0.0169 e. The maximum atomic E-state index is 2.68. The van der Waals surface area contributed by atoms with Gasteiger partial charge in [-0.15, -0.1) is 0 Å². The fourth-order valence-electron chi connectivity index (χ4n) is 13.1. The molecule has 138 valence electrons. The molecule has 0 amide bonds.